The largest absolute Gasteiger partial charge is 0.378 e. The van der Waals surface area contributed by atoms with E-state index >= 15 is 0 Å². The van der Waals surface area contributed by atoms with Gasteiger partial charge in [-0.3, -0.25) is 0 Å². The Kier molecular flexibility index (Phi) is 2.88. The van der Waals surface area contributed by atoms with E-state index in [0.29, 0.717) is 12.6 Å². The summed E-state index contributed by atoms with van der Waals surface area (Å²) >= 11 is 0. The van der Waals surface area contributed by atoms with Crippen LogP contribution in [0.3, 0.4) is 0 Å². The Bertz CT molecular complexity index is 340. The van der Waals surface area contributed by atoms with Crippen molar-refractivity contribution in [2.24, 2.45) is 0 Å². The number of rotatable bonds is 2. The molecule has 5 nitrogen and oxygen atoms in total. The van der Waals surface area contributed by atoms with Gasteiger partial charge in [-0.25, -0.2) is 0 Å². The highest BCUT2D eigenvalue weighted by atomic mass is 16.5. The number of aromatic nitrogens is 3. The third kappa shape index (κ3) is 1.85. The number of nitrogens with zero attached hydrogens (tertiary/aromatic N) is 3. The normalized spacial score (nSPS) is 27.4. The summed E-state index contributed by atoms with van der Waals surface area (Å²) in [5, 5.41) is 11.8. The van der Waals surface area contributed by atoms with Gasteiger partial charge in [-0.2, -0.15) is 0 Å². The van der Waals surface area contributed by atoms with Gasteiger partial charge in [-0.15, -0.1) is 10.2 Å². The first-order valence-corrected chi connectivity index (χ1v) is 6.15. The molecule has 0 bridgehead atoms. The number of hydrogen-bond donors (Lipinski definition) is 1. The smallest absolute Gasteiger partial charge is 0.152 e. The summed E-state index contributed by atoms with van der Waals surface area (Å²) in [5.74, 6) is 1.05. The van der Waals surface area contributed by atoms with E-state index in [1.54, 1.807) is 0 Å². The Balaban J connectivity index is 1.80. The van der Waals surface area contributed by atoms with Gasteiger partial charge in [0.25, 0.3) is 0 Å². The molecule has 3 rings (SSSR count). The number of nitrogens with one attached hydrogen (secondary N) is 1. The maximum atomic E-state index is 5.48. The van der Waals surface area contributed by atoms with Crippen molar-refractivity contribution in [2.75, 3.05) is 19.8 Å². The average molecular weight is 222 g/mol. The highest BCUT2D eigenvalue weighted by Gasteiger charge is 2.25. The minimum absolute atomic E-state index is 0.219. The minimum atomic E-state index is 0.219. The second kappa shape index (κ2) is 4.51. The lowest BCUT2D eigenvalue weighted by molar-refractivity contribution is 0.0724. The van der Waals surface area contributed by atoms with E-state index in [1.165, 1.54) is 25.7 Å². The van der Waals surface area contributed by atoms with Crippen molar-refractivity contribution in [1.82, 2.24) is 20.1 Å². The zero-order valence-corrected chi connectivity index (χ0v) is 9.43. The quantitative estimate of drug-likeness (QED) is 0.812. The van der Waals surface area contributed by atoms with Crippen LogP contribution in [0.4, 0.5) is 0 Å². The van der Waals surface area contributed by atoms with Crippen molar-refractivity contribution in [3.05, 3.63) is 12.2 Å². The molecule has 1 aromatic rings. The van der Waals surface area contributed by atoms with Gasteiger partial charge in [0.1, 0.15) is 6.33 Å². The number of morpholine rings is 1. The summed E-state index contributed by atoms with van der Waals surface area (Å²) in [6.45, 7) is 2.42. The van der Waals surface area contributed by atoms with Gasteiger partial charge in [0, 0.05) is 12.6 Å². The molecule has 2 aliphatic rings. The molecule has 0 amide bonds. The SMILES string of the molecule is c1nnc(C2COCCN2)n1C1CCCC1. The van der Waals surface area contributed by atoms with Crippen LogP contribution in [-0.4, -0.2) is 34.5 Å². The maximum absolute atomic E-state index is 5.48. The lowest BCUT2D eigenvalue weighted by Gasteiger charge is -2.25. The zero-order valence-electron chi connectivity index (χ0n) is 9.43. The Morgan fingerprint density at radius 3 is 3.00 bits per heavy atom. The van der Waals surface area contributed by atoms with Crippen LogP contribution < -0.4 is 5.32 Å². The summed E-state index contributed by atoms with van der Waals surface area (Å²) in [6.07, 6.45) is 7.06. The van der Waals surface area contributed by atoms with Gasteiger partial charge >= 0.3 is 0 Å². The van der Waals surface area contributed by atoms with Crippen LogP contribution in [0.1, 0.15) is 43.6 Å². The van der Waals surface area contributed by atoms with E-state index in [9.17, 15) is 0 Å². The van der Waals surface area contributed by atoms with Gasteiger partial charge in [-0.1, -0.05) is 12.8 Å². The molecule has 1 N–H and O–H groups in total. The van der Waals surface area contributed by atoms with Crippen LogP contribution in [0.2, 0.25) is 0 Å². The highest BCUT2D eigenvalue weighted by Crippen LogP contribution is 2.31. The van der Waals surface area contributed by atoms with Gasteiger partial charge in [0.05, 0.1) is 19.3 Å². The highest BCUT2D eigenvalue weighted by molar-refractivity contribution is 4.99. The monoisotopic (exact) mass is 222 g/mol. The molecule has 5 heteroatoms. The van der Waals surface area contributed by atoms with Crippen LogP contribution >= 0.6 is 0 Å². The molecule has 1 saturated carbocycles. The van der Waals surface area contributed by atoms with Crippen molar-refractivity contribution in [2.45, 2.75) is 37.8 Å². The molecule has 1 atom stereocenters. The molecule has 16 heavy (non-hydrogen) atoms. The third-order valence-corrected chi connectivity index (χ3v) is 3.55. The molecule has 1 aliphatic carbocycles. The van der Waals surface area contributed by atoms with E-state index in [1.807, 2.05) is 6.33 Å². The van der Waals surface area contributed by atoms with Crippen LogP contribution in [0.25, 0.3) is 0 Å². The molecule has 0 radical (unpaired) electrons. The second-order valence-corrected chi connectivity index (χ2v) is 4.62. The fourth-order valence-electron chi connectivity index (χ4n) is 2.70. The Morgan fingerprint density at radius 1 is 1.38 bits per heavy atom. The van der Waals surface area contributed by atoms with E-state index < -0.39 is 0 Å². The number of ether oxygens (including phenoxy) is 1. The maximum Gasteiger partial charge on any atom is 0.152 e. The molecular formula is C11H18N4O. The summed E-state index contributed by atoms with van der Waals surface area (Å²) in [6, 6.07) is 0.825. The molecule has 1 saturated heterocycles. The fourth-order valence-corrected chi connectivity index (χ4v) is 2.70. The van der Waals surface area contributed by atoms with E-state index in [0.717, 1.165) is 19.0 Å². The molecule has 2 fully saturated rings. The van der Waals surface area contributed by atoms with Crippen LogP contribution in [0.15, 0.2) is 6.33 Å². The molecule has 2 heterocycles. The predicted octanol–water partition coefficient (Wildman–Crippen LogP) is 1.05. The first kappa shape index (κ1) is 10.2. The lowest BCUT2D eigenvalue weighted by Crippen LogP contribution is -2.36. The van der Waals surface area contributed by atoms with Crippen molar-refractivity contribution in [1.29, 1.82) is 0 Å². The van der Waals surface area contributed by atoms with Crippen molar-refractivity contribution in [3.8, 4) is 0 Å². The molecule has 0 aromatic carbocycles. The third-order valence-electron chi connectivity index (χ3n) is 3.55. The number of hydrogen-bond acceptors (Lipinski definition) is 4. The summed E-state index contributed by atoms with van der Waals surface area (Å²) in [7, 11) is 0. The topological polar surface area (TPSA) is 52.0 Å². The first-order valence-electron chi connectivity index (χ1n) is 6.15. The molecule has 0 spiro atoms. The molecule has 88 valence electrons. The Labute approximate surface area is 95.2 Å². The van der Waals surface area contributed by atoms with E-state index in [4.69, 9.17) is 4.74 Å². The minimum Gasteiger partial charge on any atom is -0.378 e. The molecular weight excluding hydrogens is 204 g/mol. The Hall–Kier alpha value is -0.940. The summed E-state index contributed by atoms with van der Waals surface area (Å²) in [5.41, 5.74) is 0. The van der Waals surface area contributed by atoms with Crippen molar-refractivity contribution in [3.63, 3.8) is 0 Å². The Morgan fingerprint density at radius 2 is 2.25 bits per heavy atom. The first-order chi connectivity index (χ1) is 7.95. The van der Waals surface area contributed by atoms with Crippen LogP contribution in [0, 0.1) is 0 Å². The van der Waals surface area contributed by atoms with E-state index in [2.05, 4.69) is 20.1 Å². The standard InChI is InChI=1S/C11H18N4O/c1-2-4-9(3-1)15-8-13-14-11(15)10-7-16-6-5-12-10/h8-10,12H,1-7H2. The fraction of sp³-hybridized carbons (Fsp3) is 0.818. The van der Waals surface area contributed by atoms with Gasteiger partial charge in [0.15, 0.2) is 5.82 Å². The van der Waals surface area contributed by atoms with Crippen LogP contribution in [0.5, 0.6) is 0 Å². The lowest BCUT2D eigenvalue weighted by atomic mass is 10.2. The molecule has 1 unspecified atom stereocenters. The van der Waals surface area contributed by atoms with E-state index in [-0.39, 0.29) is 6.04 Å². The van der Waals surface area contributed by atoms with Gasteiger partial charge in [-0.05, 0) is 12.8 Å². The molecule has 1 aromatic heterocycles. The molecule has 1 aliphatic heterocycles. The van der Waals surface area contributed by atoms with Crippen molar-refractivity contribution >= 4 is 0 Å². The van der Waals surface area contributed by atoms with Gasteiger partial charge in [0.2, 0.25) is 0 Å². The van der Waals surface area contributed by atoms with Crippen LogP contribution in [-0.2, 0) is 4.74 Å². The second-order valence-electron chi connectivity index (χ2n) is 4.62. The average Bonchev–Trinajstić information content (AvgIpc) is 3.01. The summed E-state index contributed by atoms with van der Waals surface area (Å²) in [4.78, 5) is 0. The summed E-state index contributed by atoms with van der Waals surface area (Å²) < 4.78 is 7.73. The van der Waals surface area contributed by atoms with Crippen molar-refractivity contribution < 1.29 is 4.74 Å². The zero-order chi connectivity index (χ0) is 10.8. The van der Waals surface area contributed by atoms with Gasteiger partial charge < -0.3 is 14.6 Å². The predicted molar refractivity (Wildman–Crippen MR) is 59.1 cm³/mol.